The molecular weight excluding hydrogens is 377 g/mol. The third-order valence-corrected chi connectivity index (χ3v) is 4.23. The first-order valence-electron chi connectivity index (χ1n) is 5.54. The zero-order chi connectivity index (χ0) is 13.1. The Morgan fingerprint density at radius 3 is 2.28 bits per heavy atom. The molecule has 0 aromatic heterocycles. The lowest BCUT2D eigenvalue weighted by molar-refractivity contribution is 0.882. The van der Waals surface area contributed by atoms with Gasteiger partial charge >= 0.3 is 0 Å². The normalized spacial score (nSPS) is 12.2. The number of para-hydroxylation sites is 1. The Kier molecular flexibility index (Phi) is 4.71. The number of nitrogens with one attached hydrogen (secondary N) is 1. The molecule has 2 rings (SSSR count). The topological polar surface area (TPSA) is 12.0 Å². The van der Waals surface area contributed by atoms with Gasteiger partial charge in [-0.3, -0.25) is 0 Å². The summed E-state index contributed by atoms with van der Waals surface area (Å²) in [7, 11) is 0. The first kappa shape index (κ1) is 13.9. The van der Waals surface area contributed by atoms with E-state index >= 15 is 0 Å². The average Bonchev–Trinajstić information content (AvgIpc) is 2.34. The summed E-state index contributed by atoms with van der Waals surface area (Å²) < 4.78 is 2.07. The molecule has 0 saturated carbocycles. The Morgan fingerprint density at radius 2 is 1.67 bits per heavy atom. The lowest BCUT2D eigenvalue weighted by Crippen LogP contribution is -2.07. The second-order valence-electron chi connectivity index (χ2n) is 4.02. The van der Waals surface area contributed by atoms with Gasteiger partial charge in [0.25, 0.3) is 0 Å². The minimum Gasteiger partial charge on any atom is -0.377 e. The molecule has 0 radical (unpaired) electrons. The second kappa shape index (κ2) is 6.09. The van der Waals surface area contributed by atoms with Gasteiger partial charge in [-0.05, 0) is 68.6 Å². The molecule has 0 saturated heterocycles. The summed E-state index contributed by atoms with van der Waals surface area (Å²) in [5, 5.41) is 4.23. The summed E-state index contributed by atoms with van der Waals surface area (Å²) in [4.78, 5) is 0. The highest BCUT2D eigenvalue weighted by Crippen LogP contribution is 2.33. The van der Waals surface area contributed by atoms with Crippen LogP contribution in [0.15, 0.2) is 51.4 Å². The van der Waals surface area contributed by atoms with Crippen molar-refractivity contribution in [3.05, 3.63) is 62.0 Å². The van der Waals surface area contributed by atoms with E-state index in [4.69, 9.17) is 11.6 Å². The SMILES string of the molecule is CC(Nc1c(Br)cccc1Br)c1cccc(Cl)c1. The van der Waals surface area contributed by atoms with Gasteiger partial charge in [0.1, 0.15) is 0 Å². The quantitative estimate of drug-likeness (QED) is 0.675. The molecule has 0 bridgehead atoms. The second-order valence-corrected chi connectivity index (χ2v) is 6.16. The summed E-state index contributed by atoms with van der Waals surface area (Å²) in [5.74, 6) is 0. The fraction of sp³-hybridized carbons (Fsp3) is 0.143. The van der Waals surface area contributed by atoms with E-state index in [2.05, 4.69) is 50.2 Å². The van der Waals surface area contributed by atoms with Gasteiger partial charge in [-0.2, -0.15) is 0 Å². The summed E-state index contributed by atoms with van der Waals surface area (Å²) >= 11 is 13.1. The van der Waals surface area contributed by atoms with Crippen molar-refractivity contribution in [3.8, 4) is 0 Å². The van der Waals surface area contributed by atoms with Crippen molar-refractivity contribution in [2.45, 2.75) is 13.0 Å². The van der Waals surface area contributed by atoms with Crippen molar-refractivity contribution < 1.29 is 0 Å². The molecule has 1 atom stereocenters. The molecule has 4 heteroatoms. The van der Waals surface area contributed by atoms with Gasteiger partial charge < -0.3 is 5.32 Å². The van der Waals surface area contributed by atoms with Crippen LogP contribution in [-0.4, -0.2) is 0 Å². The third-order valence-electron chi connectivity index (χ3n) is 2.67. The largest absolute Gasteiger partial charge is 0.377 e. The van der Waals surface area contributed by atoms with E-state index in [1.165, 1.54) is 0 Å². The molecule has 0 amide bonds. The average molecular weight is 390 g/mol. The lowest BCUT2D eigenvalue weighted by atomic mass is 10.1. The lowest BCUT2D eigenvalue weighted by Gasteiger charge is -2.18. The Balaban J connectivity index is 2.24. The van der Waals surface area contributed by atoms with E-state index in [1.807, 2.05) is 36.4 Å². The van der Waals surface area contributed by atoms with E-state index in [0.29, 0.717) is 0 Å². The first-order valence-corrected chi connectivity index (χ1v) is 7.50. The Bertz CT molecular complexity index is 537. The molecular formula is C14H12Br2ClN. The number of benzene rings is 2. The van der Waals surface area contributed by atoms with Crippen LogP contribution in [0.4, 0.5) is 5.69 Å². The third kappa shape index (κ3) is 3.28. The van der Waals surface area contributed by atoms with Crippen molar-refractivity contribution in [2.75, 3.05) is 5.32 Å². The van der Waals surface area contributed by atoms with Gasteiger partial charge in [0.2, 0.25) is 0 Å². The van der Waals surface area contributed by atoms with E-state index < -0.39 is 0 Å². The minimum absolute atomic E-state index is 0.179. The Labute approximate surface area is 129 Å². The van der Waals surface area contributed by atoms with Crippen LogP contribution in [0, 0.1) is 0 Å². The number of rotatable bonds is 3. The number of hydrogen-bond donors (Lipinski definition) is 1. The maximum Gasteiger partial charge on any atom is 0.0633 e. The fourth-order valence-electron chi connectivity index (χ4n) is 1.71. The van der Waals surface area contributed by atoms with E-state index in [-0.39, 0.29) is 6.04 Å². The monoisotopic (exact) mass is 387 g/mol. The van der Waals surface area contributed by atoms with Crippen molar-refractivity contribution in [1.29, 1.82) is 0 Å². The van der Waals surface area contributed by atoms with Gasteiger partial charge in [0.05, 0.1) is 5.69 Å². The number of halogens is 3. The van der Waals surface area contributed by atoms with E-state index in [9.17, 15) is 0 Å². The maximum atomic E-state index is 6.01. The predicted octanol–water partition coefficient (Wildman–Crippen LogP) is 6.04. The van der Waals surface area contributed by atoms with Crippen molar-refractivity contribution in [2.24, 2.45) is 0 Å². The van der Waals surface area contributed by atoms with Crippen LogP contribution < -0.4 is 5.32 Å². The maximum absolute atomic E-state index is 6.01. The predicted molar refractivity (Wildman–Crippen MR) is 85.3 cm³/mol. The number of hydrogen-bond acceptors (Lipinski definition) is 1. The summed E-state index contributed by atoms with van der Waals surface area (Å²) in [6, 6.07) is 14.1. The van der Waals surface area contributed by atoms with Crippen molar-refractivity contribution in [3.63, 3.8) is 0 Å². The molecule has 0 fully saturated rings. The van der Waals surface area contributed by atoms with Crippen LogP contribution in [0.1, 0.15) is 18.5 Å². The Hall–Kier alpha value is -0.510. The van der Waals surface area contributed by atoms with Crippen LogP contribution in [0.3, 0.4) is 0 Å². The fourth-order valence-corrected chi connectivity index (χ4v) is 3.14. The van der Waals surface area contributed by atoms with Crippen LogP contribution in [-0.2, 0) is 0 Å². The standard InChI is InChI=1S/C14H12Br2ClN/c1-9(10-4-2-5-11(17)8-10)18-14-12(15)6-3-7-13(14)16/h2-9,18H,1H3. The Morgan fingerprint density at radius 1 is 1.06 bits per heavy atom. The van der Waals surface area contributed by atoms with Crippen LogP contribution in [0.2, 0.25) is 5.02 Å². The smallest absolute Gasteiger partial charge is 0.0633 e. The molecule has 1 nitrogen and oxygen atoms in total. The molecule has 1 unspecified atom stereocenters. The molecule has 0 heterocycles. The van der Waals surface area contributed by atoms with Gasteiger partial charge in [-0.15, -0.1) is 0 Å². The molecule has 18 heavy (non-hydrogen) atoms. The van der Waals surface area contributed by atoms with Crippen molar-refractivity contribution >= 4 is 49.1 Å². The van der Waals surface area contributed by atoms with Gasteiger partial charge in [-0.25, -0.2) is 0 Å². The molecule has 0 spiro atoms. The summed E-state index contributed by atoms with van der Waals surface area (Å²) in [6.07, 6.45) is 0. The van der Waals surface area contributed by atoms with Crippen molar-refractivity contribution in [1.82, 2.24) is 0 Å². The molecule has 2 aromatic rings. The van der Waals surface area contributed by atoms with E-state index in [1.54, 1.807) is 0 Å². The van der Waals surface area contributed by atoms with Crippen LogP contribution in [0.5, 0.6) is 0 Å². The van der Waals surface area contributed by atoms with Crippen LogP contribution in [0.25, 0.3) is 0 Å². The zero-order valence-electron chi connectivity index (χ0n) is 9.75. The molecule has 94 valence electrons. The first-order chi connectivity index (χ1) is 8.58. The molecule has 1 N–H and O–H groups in total. The highest BCUT2D eigenvalue weighted by atomic mass is 79.9. The van der Waals surface area contributed by atoms with E-state index in [0.717, 1.165) is 25.2 Å². The molecule has 0 aliphatic carbocycles. The zero-order valence-corrected chi connectivity index (χ0v) is 13.7. The molecule has 0 aliphatic heterocycles. The summed E-state index contributed by atoms with van der Waals surface area (Å²) in [5.41, 5.74) is 2.20. The summed E-state index contributed by atoms with van der Waals surface area (Å²) in [6.45, 7) is 2.11. The highest BCUT2D eigenvalue weighted by Gasteiger charge is 2.10. The van der Waals surface area contributed by atoms with Gasteiger partial charge in [0.15, 0.2) is 0 Å². The number of anilines is 1. The van der Waals surface area contributed by atoms with Gasteiger partial charge in [0, 0.05) is 20.0 Å². The minimum atomic E-state index is 0.179. The highest BCUT2D eigenvalue weighted by molar-refractivity contribution is 9.11. The molecule has 0 aliphatic rings. The molecule has 2 aromatic carbocycles. The van der Waals surface area contributed by atoms with Crippen LogP contribution >= 0.6 is 43.5 Å². The van der Waals surface area contributed by atoms with Gasteiger partial charge in [-0.1, -0.05) is 29.8 Å².